The predicted molar refractivity (Wildman–Crippen MR) is 88.3 cm³/mol. The van der Waals surface area contributed by atoms with Gasteiger partial charge in [0.05, 0.1) is 19.0 Å². The van der Waals surface area contributed by atoms with E-state index in [1.165, 1.54) is 12.1 Å². The molecule has 2 unspecified atom stereocenters. The second-order valence-electron chi connectivity index (χ2n) is 6.24. The Bertz CT molecular complexity index is 661. The lowest BCUT2D eigenvalue weighted by Gasteiger charge is -2.33. The minimum atomic E-state index is 0.633. The highest BCUT2D eigenvalue weighted by Crippen LogP contribution is 2.33. The van der Waals surface area contributed by atoms with Crippen molar-refractivity contribution in [2.24, 2.45) is 5.92 Å². The van der Waals surface area contributed by atoms with E-state index in [0.29, 0.717) is 6.04 Å². The number of hydrogen-bond acceptors (Lipinski definition) is 4. The van der Waals surface area contributed by atoms with Crippen LogP contribution in [0, 0.1) is 5.92 Å². The van der Waals surface area contributed by atoms with Crippen molar-refractivity contribution in [1.29, 1.82) is 0 Å². The summed E-state index contributed by atoms with van der Waals surface area (Å²) in [6.45, 7) is 3.36. The number of anilines is 1. The molecule has 2 aliphatic rings. The molecule has 2 saturated heterocycles. The molecule has 1 aromatic carbocycles. The van der Waals surface area contributed by atoms with E-state index in [1.54, 1.807) is 7.11 Å². The van der Waals surface area contributed by atoms with E-state index in [9.17, 15) is 0 Å². The zero-order chi connectivity index (χ0) is 14.9. The Morgan fingerprint density at radius 2 is 2.14 bits per heavy atom. The van der Waals surface area contributed by atoms with Crippen LogP contribution in [0.3, 0.4) is 0 Å². The van der Waals surface area contributed by atoms with E-state index in [4.69, 9.17) is 4.74 Å². The normalized spacial score (nSPS) is 23.6. The summed E-state index contributed by atoms with van der Waals surface area (Å²) in [5, 5.41) is 3.60. The zero-order valence-corrected chi connectivity index (χ0v) is 12.8. The van der Waals surface area contributed by atoms with Gasteiger partial charge in [-0.15, -0.1) is 0 Å². The molecule has 2 fully saturated rings. The van der Waals surface area contributed by atoms with Crippen LogP contribution in [0.15, 0.2) is 42.7 Å². The number of pyridine rings is 1. The standard InChI is InChI=1S/C18H21N3O/c1-22-18-5-3-2-4-17(18)14-7-16(10-19-9-14)21-11-13-6-15(12-21)20-8-13/h2-5,7,9-10,13,15,20H,6,8,11-12H2,1H3. The van der Waals surface area contributed by atoms with Crippen molar-refractivity contribution in [3.8, 4) is 16.9 Å². The van der Waals surface area contributed by atoms with Crippen molar-refractivity contribution < 1.29 is 4.74 Å². The Hall–Kier alpha value is -2.07. The Morgan fingerprint density at radius 3 is 3.00 bits per heavy atom. The topological polar surface area (TPSA) is 37.4 Å². The highest BCUT2D eigenvalue weighted by atomic mass is 16.5. The van der Waals surface area contributed by atoms with Crippen LogP contribution in [-0.2, 0) is 0 Å². The number of benzene rings is 1. The van der Waals surface area contributed by atoms with Crippen LogP contribution in [0.5, 0.6) is 5.75 Å². The van der Waals surface area contributed by atoms with Gasteiger partial charge in [0.1, 0.15) is 5.75 Å². The Labute approximate surface area is 131 Å². The summed E-state index contributed by atoms with van der Waals surface area (Å²) >= 11 is 0. The van der Waals surface area contributed by atoms with Gasteiger partial charge >= 0.3 is 0 Å². The molecule has 3 heterocycles. The van der Waals surface area contributed by atoms with Crippen LogP contribution in [0.1, 0.15) is 6.42 Å². The molecule has 4 heteroatoms. The van der Waals surface area contributed by atoms with Gasteiger partial charge in [0.25, 0.3) is 0 Å². The van der Waals surface area contributed by atoms with E-state index in [1.807, 2.05) is 30.6 Å². The Morgan fingerprint density at radius 1 is 1.23 bits per heavy atom. The molecule has 0 radical (unpaired) electrons. The molecule has 4 rings (SSSR count). The summed E-state index contributed by atoms with van der Waals surface area (Å²) in [4.78, 5) is 6.93. The second-order valence-corrected chi connectivity index (χ2v) is 6.24. The highest BCUT2D eigenvalue weighted by molar-refractivity contribution is 5.72. The molecule has 0 amide bonds. The van der Waals surface area contributed by atoms with E-state index < -0.39 is 0 Å². The molecule has 1 aromatic heterocycles. The number of nitrogens with zero attached hydrogens (tertiary/aromatic N) is 2. The van der Waals surface area contributed by atoms with Crippen molar-refractivity contribution in [3.05, 3.63) is 42.7 Å². The molecule has 2 bridgehead atoms. The summed E-state index contributed by atoms with van der Waals surface area (Å²) in [7, 11) is 1.71. The second kappa shape index (κ2) is 5.61. The van der Waals surface area contributed by atoms with E-state index >= 15 is 0 Å². The molecule has 2 aliphatic heterocycles. The zero-order valence-electron chi connectivity index (χ0n) is 12.8. The van der Waals surface area contributed by atoms with Gasteiger partial charge in [-0.2, -0.15) is 0 Å². The Kier molecular flexibility index (Phi) is 3.47. The average molecular weight is 295 g/mol. The number of para-hydroxylation sites is 1. The van der Waals surface area contributed by atoms with Gasteiger partial charge in [0.15, 0.2) is 0 Å². The lowest BCUT2D eigenvalue weighted by molar-refractivity contribution is 0.416. The quantitative estimate of drug-likeness (QED) is 0.944. The average Bonchev–Trinajstić information content (AvgIpc) is 2.93. The van der Waals surface area contributed by atoms with Crippen molar-refractivity contribution in [2.45, 2.75) is 12.5 Å². The predicted octanol–water partition coefficient (Wildman–Crippen LogP) is 2.56. The first-order valence-electron chi connectivity index (χ1n) is 7.90. The van der Waals surface area contributed by atoms with Gasteiger partial charge in [0.2, 0.25) is 0 Å². The van der Waals surface area contributed by atoms with Gasteiger partial charge in [0, 0.05) is 43.0 Å². The molecule has 114 valence electrons. The van der Waals surface area contributed by atoms with Gasteiger partial charge < -0.3 is 15.0 Å². The van der Waals surface area contributed by atoms with Crippen LogP contribution >= 0.6 is 0 Å². The third-order valence-electron chi connectivity index (χ3n) is 4.74. The summed E-state index contributed by atoms with van der Waals surface area (Å²) in [5.41, 5.74) is 3.42. The van der Waals surface area contributed by atoms with E-state index in [2.05, 4.69) is 27.3 Å². The summed E-state index contributed by atoms with van der Waals surface area (Å²) in [6.07, 6.45) is 5.21. The molecule has 2 aromatic rings. The Balaban J connectivity index is 1.66. The summed E-state index contributed by atoms with van der Waals surface area (Å²) in [5.74, 6) is 1.66. The molecular weight excluding hydrogens is 274 g/mol. The molecule has 4 nitrogen and oxygen atoms in total. The van der Waals surface area contributed by atoms with Crippen LogP contribution in [-0.4, -0.2) is 37.8 Å². The number of fused-ring (bicyclic) bond motifs is 2. The number of rotatable bonds is 3. The minimum absolute atomic E-state index is 0.633. The minimum Gasteiger partial charge on any atom is -0.496 e. The van der Waals surface area contributed by atoms with Gasteiger partial charge in [-0.1, -0.05) is 18.2 Å². The first-order chi connectivity index (χ1) is 10.8. The number of ether oxygens (including phenoxy) is 1. The van der Waals surface area contributed by atoms with Crippen LogP contribution in [0.4, 0.5) is 5.69 Å². The molecule has 1 N–H and O–H groups in total. The highest BCUT2D eigenvalue weighted by Gasteiger charge is 2.32. The SMILES string of the molecule is COc1ccccc1-c1cncc(N2CC3CNC(C3)C2)c1. The van der Waals surface area contributed by atoms with Crippen molar-refractivity contribution in [2.75, 3.05) is 31.6 Å². The molecular formula is C18H21N3O. The number of piperidine rings is 1. The van der Waals surface area contributed by atoms with Crippen molar-refractivity contribution in [1.82, 2.24) is 10.3 Å². The van der Waals surface area contributed by atoms with E-state index in [-0.39, 0.29) is 0 Å². The summed E-state index contributed by atoms with van der Waals surface area (Å²) in [6, 6.07) is 11.0. The first kappa shape index (κ1) is 13.6. The maximum absolute atomic E-state index is 5.48. The van der Waals surface area contributed by atoms with Gasteiger partial charge in [-0.25, -0.2) is 0 Å². The van der Waals surface area contributed by atoms with Crippen molar-refractivity contribution >= 4 is 5.69 Å². The first-order valence-corrected chi connectivity index (χ1v) is 7.90. The fourth-order valence-electron chi connectivity index (χ4n) is 3.67. The fourth-order valence-corrected chi connectivity index (χ4v) is 3.67. The maximum Gasteiger partial charge on any atom is 0.126 e. The van der Waals surface area contributed by atoms with E-state index in [0.717, 1.165) is 42.4 Å². The molecule has 0 aliphatic carbocycles. The van der Waals surface area contributed by atoms with Gasteiger partial charge in [-0.05, 0) is 24.5 Å². The smallest absolute Gasteiger partial charge is 0.126 e. The molecule has 0 saturated carbocycles. The number of aromatic nitrogens is 1. The maximum atomic E-state index is 5.48. The summed E-state index contributed by atoms with van der Waals surface area (Å²) < 4.78 is 5.48. The van der Waals surface area contributed by atoms with Crippen LogP contribution in [0.25, 0.3) is 11.1 Å². The number of methoxy groups -OCH3 is 1. The molecule has 22 heavy (non-hydrogen) atoms. The lowest BCUT2D eigenvalue weighted by atomic mass is 9.99. The number of nitrogens with one attached hydrogen (secondary N) is 1. The van der Waals surface area contributed by atoms with Crippen LogP contribution < -0.4 is 15.0 Å². The lowest BCUT2D eigenvalue weighted by Crippen LogP contribution is -2.41. The van der Waals surface area contributed by atoms with Crippen LogP contribution in [0.2, 0.25) is 0 Å². The van der Waals surface area contributed by atoms with Crippen molar-refractivity contribution in [3.63, 3.8) is 0 Å². The third kappa shape index (κ3) is 2.44. The molecule has 0 spiro atoms. The monoisotopic (exact) mass is 295 g/mol. The largest absolute Gasteiger partial charge is 0.496 e. The molecule has 2 atom stereocenters. The fraction of sp³-hybridized carbons (Fsp3) is 0.389. The third-order valence-corrected chi connectivity index (χ3v) is 4.74. The van der Waals surface area contributed by atoms with Gasteiger partial charge in [-0.3, -0.25) is 4.98 Å². The number of hydrogen-bond donors (Lipinski definition) is 1.